The summed E-state index contributed by atoms with van der Waals surface area (Å²) in [7, 11) is 0. The smallest absolute Gasteiger partial charge is 0.0175 e. The van der Waals surface area contributed by atoms with E-state index in [-0.39, 0.29) is 0 Å². The topological polar surface area (TPSA) is 12.0 Å². The van der Waals surface area contributed by atoms with Crippen molar-refractivity contribution in [2.45, 2.75) is 58.9 Å². The first-order valence-electron chi connectivity index (χ1n) is 7.98. The van der Waals surface area contributed by atoms with Crippen LogP contribution in [0.1, 0.15) is 52.0 Å². The minimum Gasteiger partial charge on any atom is -0.314 e. The summed E-state index contributed by atoms with van der Waals surface area (Å²) in [6, 6.07) is 9.45. The number of nitrogens with one attached hydrogen (secondary N) is 1. The van der Waals surface area contributed by atoms with Crippen LogP contribution in [0.25, 0.3) is 0 Å². The monoisotopic (exact) mass is 337 g/mol. The van der Waals surface area contributed by atoms with Gasteiger partial charge in [-0.05, 0) is 67.7 Å². The Morgan fingerprint density at radius 1 is 1.20 bits per heavy atom. The second-order valence-corrected chi connectivity index (χ2v) is 7.91. The normalized spacial score (nSPS) is 20.8. The van der Waals surface area contributed by atoms with E-state index in [1.807, 2.05) is 0 Å². The van der Waals surface area contributed by atoms with Gasteiger partial charge in [0.1, 0.15) is 0 Å². The highest BCUT2D eigenvalue weighted by Crippen LogP contribution is 2.39. The molecule has 0 spiro atoms. The quantitative estimate of drug-likeness (QED) is 0.779. The van der Waals surface area contributed by atoms with Crippen molar-refractivity contribution in [1.29, 1.82) is 0 Å². The highest BCUT2D eigenvalue weighted by Gasteiger charge is 2.30. The minimum atomic E-state index is 0.560. The Morgan fingerprint density at radius 3 is 2.35 bits per heavy atom. The van der Waals surface area contributed by atoms with E-state index < -0.39 is 0 Å². The zero-order chi connectivity index (χ0) is 14.6. The highest BCUT2D eigenvalue weighted by atomic mass is 79.9. The summed E-state index contributed by atoms with van der Waals surface area (Å²) in [5, 5.41) is 3.73. The molecule has 0 heterocycles. The maximum atomic E-state index is 3.73. The van der Waals surface area contributed by atoms with Gasteiger partial charge >= 0.3 is 0 Å². The van der Waals surface area contributed by atoms with Gasteiger partial charge in [0.25, 0.3) is 0 Å². The average Bonchev–Trinajstić information content (AvgIpc) is 2.41. The van der Waals surface area contributed by atoms with Crippen molar-refractivity contribution in [2.24, 2.45) is 11.3 Å². The van der Waals surface area contributed by atoms with Crippen molar-refractivity contribution in [1.82, 2.24) is 5.32 Å². The minimum absolute atomic E-state index is 0.560. The Labute approximate surface area is 132 Å². The molecule has 1 fully saturated rings. The fourth-order valence-electron chi connectivity index (χ4n) is 3.37. The van der Waals surface area contributed by atoms with E-state index in [9.17, 15) is 0 Å². The molecule has 2 heteroatoms. The summed E-state index contributed by atoms with van der Waals surface area (Å²) in [6.07, 6.45) is 6.66. The summed E-state index contributed by atoms with van der Waals surface area (Å²) in [5.41, 5.74) is 2.01. The Kier molecular flexibility index (Phi) is 5.68. The first-order chi connectivity index (χ1) is 9.50. The van der Waals surface area contributed by atoms with Crippen LogP contribution < -0.4 is 5.32 Å². The van der Waals surface area contributed by atoms with Crippen LogP contribution in [0.4, 0.5) is 0 Å². The van der Waals surface area contributed by atoms with Crippen LogP contribution in [0.15, 0.2) is 28.7 Å². The van der Waals surface area contributed by atoms with Gasteiger partial charge in [-0.25, -0.2) is 0 Å². The molecule has 1 aliphatic carbocycles. The predicted octanol–water partition coefficient (Wildman–Crippen LogP) is 5.19. The molecule has 1 aromatic rings. The molecule has 0 aliphatic heterocycles. The van der Waals surface area contributed by atoms with Gasteiger partial charge in [-0.1, -0.05) is 48.8 Å². The Bertz CT molecular complexity index is 400. The summed E-state index contributed by atoms with van der Waals surface area (Å²) < 4.78 is 1.17. The molecule has 0 aromatic heterocycles. The summed E-state index contributed by atoms with van der Waals surface area (Å²) in [5.74, 6) is 0.839. The lowest BCUT2D eigenvalue weighted by molar-refractivity contribution is 0.161. The van der Waals surface area contributed by atoms with Gasteiger partial charge in [-0.15, -0.1) is 0 Å². The molecular formula is C18H28BrN. The molecule has 1 atom stereocenters. The van der Waals surface area contributed by atoms with Gasteiger partial charge in [0.2, 0.25) is 0 Å². The first-order valence-corrected chi connectivity index (χ1v) is 8.77. The van der Waals surface area contributed by atoms with Crippen molar-refractivity contribution in [2.75, 3.05) is 6.54 Å². The van der Waals surface area contributed by atoms with Crippen LogP contribution >= 0.6 is 15.9 Å². The van der Waals surface area contributed by atoms with E-state index in [2.05, 4.69) is 66.3 Å². The molecule has 1 N–H and O–H groups in total. The Balaban J connectivity index is 1.98. The first kappa shape index (κ1) is 16.0. The molecule has 1 aliphatic rings. The molecule has 20 heavy (non-hydrogen) atoms. The molecule has 112 valence electrons. The van der Waals surface area contributed by atoms with Crippen molar-refractivity contribution < 1.29 is 0 Å². The third-order valence-electron chi connectivity index (χ3n) is 4.79. The fourth-order valence-corrected chi connectivity index (χ4v) is 3.63. The molecule has 1 nitrogen and oxygen atoms in total. The van der Waals surface area contributed by atoms with Gasteiger partial charge in [-0.2, -0.15) is 0 Å². The van der Waals surface area contributed by atoms with Crippen molar-refractivity contribution in [3.05, 3.63) is 34.3 Å². The highest BCUT2D eigenvalue weighted by molar-refractivity contribution is 9.10. The van der Waals surface area contributed by atoms with E-state index in [1.54, 1.807) is 0 Å². The van der Waals surface area contributed by atoms with Crippen LogP contribution in [0.3, 0.4) is 0 Å². The molecule has 0 saturated heterocycles. The number of benzene rings is 1. The van der Waals surface area contributed by atoms with Crippen LogP contribution in [0.2, 0.25) is 0 Å². The number of likely N-dealkylation sites (N-methyl/N-ethyl adjacent to an activating group) is 1. The van der Waals surface area contributed by atoms with Gasteiger partial charge in [0, 0.05) is 10.5 Å². The molecule has 1 unspecified atom stereocenters. The molecule has 1 aromatic carbocycles. The summed E-state index contributed by atoms with van der Waals surface area (Å²) >= 11 is 3.52. The molecular weight excluding hydrogens is 310 g/mol. The SMILES string of the molecule is CCNC(Cc1ccc(Br)cc1)C1CCC(C)(C)CC1. The number of hydrogen-bond acceptors (Lipinski definition) is 1. The van der Waals surface area contributed by atoms with Crippen molar-refractivity contribution in [3.8, 4) is 0 Å². The third kappa shape index (κ3) is 4.60. The second-order valence-electron chi connectivity index (χ2n) is 7.00. The van der Waals surface area contributed by atoms with Crippen molar-refractivity contribution in [3.63, 3.8) is 0 Å². The lowest BCUT2D eigenvalue weighted by Crippen LogP contribution is -2.40. The van der Waals surface area contributed by atoms with Crippen LogP contribution in [0.5, 0.6) is 0 Å². The fraction of sp³-hybridized carbons (Fsp3) is 0.667. The predicted molar refractivity (Wildman–Crippen MR) is 91.0 cm³/mol. The Morgan fingerprint density at radius 2 is 1.80 bits per heavy atom. The van der Waals surface area contributed by atoms with Gasteiger partial charge in [-0.3, -0.25) is 0 Å². The third-order valence-corrected chi connectivity index (χ3v) is 5.32. The molecule has 1 saturated carbocycles. The van der Waals surface area contributed by atoms with Crippen LogP contribution in [-0.2, 0) is 6.42 Å². The molecule has 0 radical (unpaired) electrons. The van der Waals surface area contributed by atoms with Crippen molar-refractivity contribution >= 4 is 15.9 Å². The zero-order valence-electron chi connectivity index (χ0n) is 13.1. The summed E-state index contributed by atoms with van der Waals surface area (Å²) in [6.45, 7) is 8.13. The molecule has 2 rings (SSSR count). The Hall–Kier alpha value is -0.340. The van der Waals surface area contributed by atoms with Crippen LogP contribution in [0, 0.1) is 11.3 Å². The standard InChI is InChI=1S/C18H28BrN/c1-4-20-17(13-14-5-7-16(19)8-6-14)15-9-11-18(2,3)12-10-15/h5-8,15,17,20H,4,9-13H2,1-3H3. The second kappa shape index (κ2) is 7.09. The van der Waals surface area contributed by atoms with Crippen LogP contribution in [-0.4, -0.2) is 12.6 Å². The number of hydrogen-bond donors (Lipinski definition) is 1. The van der Waals surface area contributed by atoms with Gasteiger partial charge in [0.05, 0.1) is 0 Å². The lowest BCUT2D eigenvalue weighted by atomic mass is 9.70. The summed E-state index contributed by atoms with van der Waals surface area (Å²) in [4.78, 5) is 0. The maximum Gasteiger partial charge on any atom is 0.0175 e. The zero-order valence-corrected chi connectivity index (χ0v) is 14.7. The van der Waals surface area contributed by atoms with E-state index in [1.165, 1.54) is 35.7 Å². The number of rotatable bonds is 5. The number of halogens is 1. The van der Waals surface area contributed by atoms with E-state index in [0.717, 1.165) is 18.9 Å². The largest absolute Gasteiger partial charge is 0.314 e. The van der Waals surface area contributed by atoms with Gasteiger partial charge in [0.15, 0.2) is 0 Å². The van der Waals surface area contributed by atoms with E-state index >= 15 is 0 Å². The lowest BCUT2D eigenvalue weighted by Gasteiger charge is -2.38. The average molecular weight is 338 g/mol. The van der Waals surface area contributed by atoms with E-state index in [0.29, 0.717) is 11.5 Å². The maximum absolute atomic E-state index is 3.73. The van der Waals surface area contributed by atoms with Gasteiger partial charge < -0.3 is 5.32 Å². The molecule has 0 bridgehead atoms. The van der Waals surface area contributed by atoms with E-state index in [4.69, 9.17) is 0 Å². The molecule has 0 amide bonds.